The Kier molecular flexibility index (Phi) is 5.70. The Morgan fingerprint density at radius 3 is 2.27 bits per heavy atom. The molecule has 0 aliphatic rings. The Labute approximate surface area is 176 Å². The van der Waals surface area contributed by atoms with Crippen LogP contribution in [0.25, 0.3) is 22.8 Å². The van der Waals surface area contributed by atoms with E-state index in [-0.39, 0.29) is 11.9 Å². The molecule has 30 heavy (non-hydrogen) atoms. The first-order chi connectivity index (χ1) is 14.7. The second-order valence-corrected chi connectivity index (χ2v) is 7.12. The smallest absolute Gasteiger partial charge is 0.270 e. The number of carbonyl (C=O) groups excluding carboxylic acids is 1. The zero-order chi connectivity index (χ0) is 20.9. The van der Waals surface area contributed by atoms with Gasteiger partial charge in [-0.3, -0.25) is 9.78 Å². The van der Waals surface area contributed by atoms with Gasteiger partial charge >= 0.3 is 0 Å². The quantitative estimate of drug-likeness (QED) is 0.497. The topological polar surface area (TPSA) is 59.8 Å². The van der Waals surface area contributed by atoms with Gasteiger partial charge in [-0.1, -0.05) is 73.7 Å². The summed E-state index contributed by atoms with van der Waals surface area (Å²) >= 11 is 0. The van der Waals surface area contributed by atoms with Crippen LogP contribution in [0.3, 0.4) is 0 Å². The SMILES string of the molecule is CCC(NC(=O)c1c(-c2ccccc2)nc(-c2ccccn2)n1C)c1ccccc1. The number of nitrogens with one attached hydrogen (secondary N) is 1. The Balaban J connectivity index is 1.77. The van der Waals surface area contributed by atoms with E-state index in [1.54, 1.807) is 6.20 Å². The fraction of sp³-hybridized carbons (Fsp3) is 0.160. The van der Waals surface area contributed by atoms with Crippen molar-refractivity contribution in [2.75, 3.05) is 0 Å². The molecule has 2 aromatic heterocycles. The number of pyridine rings is 1. The summed E-state index contributed by atoms with van der Waals surface area (Å²) in [7, 11) is 1.86. The number of imidazole rings is 1. The van der Waals surface area contributed by atoms with Crippen LogP contribution in [0.15, 0.2) is 85.1 Å². The van der Waals surface area contributed by atoms with Gasteiger partial charge < -0.3 is 9.88 Å². The molecule has 0 saturated carbocycles. The predicted octanol–water partition coefficient (Wildman–Crippen LogP) is 5.03. The first kappa shape index (κ1) is 19.6. The standard InChI is InChI=1S/C25H24N4O/c1-3-20(18-12-6-4-7-13-18)27-25(30)23-22(19-14-8-5-9-15-19)28-24(29(23)2)21-16-10-11-17-26-21/h4-17,20H,3H2,1-2H3,(H,27,30). The average Bonchev–Trinajstić information content (AvgIpc) is 3.16. The normalized spacial score (nSPS) is 11.8. The lowest BCUT2D eigenvalue weighted by Gasteiger charge is -2.18. The molecule has 4 aromatic rings. The number of hydrogen-bond donors (Lipinski definition) is 1. The van der Waals surface area contributed by atoms with Gasteiger partial charge in [0.05, 0.1) is 6.04 Å². The van der Waals surface area contributed by atoms with Crippen molar-refractivity contribution < 1.29 is 4.79 Å². The van der Waals surface area contributed by atoms with Gasteiger partial charge in [0.25, 0.3) is 5.91 Å². The van der Waals surface area contributed by atoms with Gasteiger partial charge in [0.1, 0.15) is 17.1 Å². The number of hydrogen-bond acceptors (Lipinski definition) is 3. The van der Waals surface area contributed by atoms with E-state index in [1.807, 2.05) is 90.5 Å². The van der Waals surface area contributed by atoms with Crippen molar-refractivity contribution in [3.8, 4) is 22.8 Å². The lowest BCUT2D eigenvalue weighted by atomic mass is 10.0. The third kappa shape index (κ3) is 3.87. The van der Waals surface area contributed by atoms with Gasteiger partial charge in [0, 0.05) is 18.8 Å². The van der Waals surface area contributed by atoms with Crippen molar-refractivity contribution >= 4 is 5.91 Å². The Bertz CT molecular complexity index is 1120. The molecule has 2 aromatic carbocycles. The van der Waals surface area contributed by atoms with Crippen molar-refractivity contribution in [1.82, 2.24) is 19.9 Å². The summed E-state index contributed by atoms with van der Waals surface area (Å²) in [5, 5.41) is 3.19. The third-order valence-electron chi connectivity index (χ3n) is 5.17. The van der Waals surface area contributed by atoms with Crippen LogP contribution in [-0.4, -0.2) is 20.4 Å². The van der Waals surface area contributed by atoms with E-state index in [2.05, 4.69) is 17.2 Å². The van der Waals surface area contributed by atoms with Crippen molar-refractivity contribution in [2.45, 2.75) is 19.4 Å². The maximum absolute atomic E-state index is 13.5. The van der Waals surface area contributed by atoms with Crippen molar-refractivity contribution in [3.05, 3.63) is 96.3 Å². The maximum Gasteiger partial charge on any atom is 0.270 e. The molecule has 0 aliphatic heterocycles. The molecule has 0 aliphatic carbocycles. The minimum Gasteiger partial charge on any atom is -0.344 e. The van der Waals surface area contributed by atoms with Crippen LogP contribution in [0.4, 0.5) is 0 Å². The molecular weight excluding hydrogens is 372 g/mol. The van der Waals surface area contributed by atoms with Gasteiger partial charge in [-0.15, -0.1) is 0 Å². The van der Waals surface area contributed by atoms with Crippen molar-refractivity contribution in [2.24, 2.45) is 7.05 Å². The van der Waals surface area contributed by atoms with Gasteiger partial charge in [0.2, 0.25) is 0 Å². The zero-order valence-electron chi connectivity index (χ0n) is 17.1. The highest BCUT2D eigenvalue weighted by atomic mass is 16.2. The highest BCUT2D eigenvalue weighted by Gasteiger charge is 2.25. The molecule has 5 heteroatoms. The number of benzene rings is 2. The van der Waals surface area contributed by atoms with Gasteiger partial charge in [-0.05, 0) is 24.1 Å². The minimum atomic E-state index is -0.151. The van der Waals surface area contributed by atoms with Crippen molar-refractivity contribution in [3.63, 3.8) is 0 Å². The summed E-state index contributed by atoms with van der Waals surface area (Å²) in [6.45, 7) is 2.07. The molecule has 0 spiro atoms. The van der Waals surface area contributed by atoms with E-state index in [9.17, 15) is 4.79 Å². The highest BCUT2D eigenvalue weighted by molar-refractivity contribution is 5.99. The highest BCUT2D eigenvalue weighted by Crippen LogP contribution is 2.28. The molecule has 5 nitrogen and oxygen atoms in total. The monoisotopic (exact) mass is 396 g/mol. The molecule has 1 N–H and O–H groups in total. The zero-order valence-corrected chi connectivity index (χ0v) is 17.1. The van der Waals surface area contributed by atoms with E-state index >= 15 is 0 Å². The lowest BCUT2D eigenvalue weighted by Crippen LogP contribution is -2.30. The molecule has 1 atom stereocenters. The molecule has 1 unspecified atom stereocenters. The summed E-state index contributed by atoms with van der Waals surface area (Å²) < 4.78 is 1.83. The fourth-order valence-corrected chi connectivity index (χ4v) is 3.61. The summed E-state index contributed by atoms with van der Waals surface area (Å²) in [6, 6.07) is 25.4. The second kappa shape index (κ2) is 8.74. The summed E-state index contributed by atoms with van der Waals surface area (Å²) in [4.78, 5) is 22.7. The van der Waals surface area contributed by atoms with Crippen LogP contribution in [0.2, 0.25) is 0 Å². The molecule has 2 heterocycles. The Morgan fingerprint density at radius 2 is 1.63 bits per heavy atom. The molecule has 0 radical (unpaired) electrons. The molecule has 0 saturated heterocycles. The lowest BCUT2D eigenvalue weighted by molar-refractivity contribution is 0.0928. The van der Waals surface area contributed by atoms with Crippen LogP contribution in [0.5, 0.6) is 0 Å². The number of rotatable bonds is 6. The summed E-state index contributed by atoms with van der Waals surface area (Å²) in [6.07, 6.45) is 2.52. The van der Waals surface area contributed by atoms with Gasteiger partial charge in [-0.2, -0.15) is 0 Å². The van der Waals surface area contributed by atoms with E-state index < -0.39 is 0 Å². The third-order valence-corrected chi connectivity index (χ3v) is 5.17. The number of carbonyl (C=O) groups is 1. The Hall–Kier alpha value is -3.73. The average molecular weight is 396 g/mol. The fourth-order valence-electron chi connectivity index (χ4n) is 3.61. The predicted molar refractivity (Wildman–Crippen MR) is 119 cm³/mol. The van der Waals surface area contributed by atoms with Gasteiger partial charge in [-0.25, -0.2) is 4.98 Å². The van der Waals surface area contributed by atoms with Crippen LogP contribution in [0.1, 0.15) is 35.4 Å². The summed E-state index contributed by atoms with van der Waals surface area (Å²) in [5.41, 5.74) is 3.89. The Morgan fingerprint density at radius 1 is 0.967 bits per heavy atom. The minimum absolute atomic E-state index is 0.0736. The molecule has 0 fully saturated rings. The van der Waals surface area contributed by atoms with E-state index in [4.69, 9.17) is 4.98 Å². The molecule has 1 amide bonds. The van der Waals surface area contributed by atoms with E-state index in [0.717, 1.165) is 23.2 Å². The number of nitrogens with zero attached hydrogens (tertiary/aromatic N) is 3. The van der Waals surface area contributed by atoms with Gasteiger partial charge in [0.15, 0.2) is 5.82 Å². The maximum atomic E-state index is 13.5. The van der Waals surface area contributed by atoms with E-state index in [1.165, 1.54) is 0 Å². The molecule has 4 rings (SSSR count). The number of amides is 1. The molecular formula is C25H24N4O. The van der Waals surface area contributed by atoms with E-state index in [0.29, 0.717) is 17.2 Å². The first-order valence-corrected chi connectivity index (χ1v) is 10.1. The second-order valence-electron chi connectivity index (χ2n) is 7.12. The molecule has 0 bridgehead atoms. The first-order valence-electron chi connectivity index (χ1n) is 10.1. The largest absolute Gasteiger partial charge is 0.344 e. The summed E-state index contributed by atoms with van der Waals surface area (Å²) in [5.74, 6) is 0.508. The van der Waals surface area contributed by atoms with Crippen LogP contribution in [-0.2, 0) is 7.05 Å². The van der Waals surface area contributed by atoms with Crippen LogP contribution < -0.4 is 5.32 Å². The van der Waals surface area contributed by atoms with Crippen molar-refractivity contribution in [1.29, 1.82) is 0 Å². The van der Waals surface area contributed by atoms with Crippen LogP contribution in [0, 0.1) is 0 Å². The molecule has 150 valence electrons. The number of aromatic nitrogens is 3. The van der Waals surface area contributed by atoms with Crippen LogP contribution >= 0.6 is 0 Å².